The van der Waals surface area contributed by atoms with Crippen molar-refractivity contribution in [2.24, 2.45) is 5.92 Å². The van der Waals surface area contributed by atoms with Crippen LogP contribution in [0.3, 0.4) is 0 Å². The summed E-state index contributed by atoms with van der Waals surface area (Å²) in [6.45, 7) is 4.62. The van der Waals surface area contributed by atoms with Crippen LogP contribution in [-0.4, -0.2) is 78.9 Å². The fourth-order valence-electron chi connectivity index (χ4n) is 2.71. The third-order valence-corrected chi connectivity index (χ3v) is 4.49. The van der Waals surface area contributed by atoms with Gasteiger partial charge in [0, 0.05) is 46.2 Å². The molecule has 0 spiro atoms. The first-order valence-corrected chi connectivity index (χ1v) is 8.69. The summed E-state index contributed by atoms with van der Waals surface area (Å²) in [7, 11) is 3.58. The van der Waals surface area contributed by atoms with Gasteiger partial charge in [0.2, 0.25) is 0 Å². The molecule has 0 aromatic carbocycles. The molecular formula is C15H24N4O2S. The van der Waals surface area contributed by atoms with Crippen LogP contribution in [0.1, 0.15) is 16.8 Å². The molecule has 2 rings (SSSR count). The number of amides is 1. The number of nitrogens with zero attached hydrogens (tertiary/aromatic N) is 4. The maximum Gasteiger partial charge on any atom is 0.256 e. The Morgan fingerprint density at radius 3 is 2.86 bits per heavy atom. The van der Waals surface area contributed by atoms with Crippen molar-refractivity contribution in [3.8, 4) is 0 Å². The number of methoxy groups -OCH3 is 1. The van der Waals surface area contributed by atoms with Crippen LogP contribution < -0.4 is 0 Å². The average Bonchev–Trinajstić information content (AvgIpc) is 2.99. The Labute approximate surface area is 136 Å². The van der Waals surface area contributed by atoms with Crippen LogP contribution in [0.25, 0.3) is 0 Å². The second-order valence-electron chi connectivity index (χ2n) is 5.59. The van der Waals surface area contributed by atoms with E-state index >= 15 is 0 Å². The van der Waals surface area contributed by atoms with E-state index < -0.39 is 0 Å². The van der Waals surface area contributed by atoms with E-state index in [4.69, 9.17) is 4.74 Å². The van der Waals surface area contributed by atoms with Gasteiger partial charge >= 0.3 is 0 Å². The first-order valence-electron chi connectivity index (χ1n) is 7.46. The molecule has 1 amide bonds. The van der Waals surface area contributed by atoms with E-state index in [1.165, 1.54) is 11.8 Å². The molecule has 1 aromatic heterocycles. The highest BCUT2D eigenvalue weighted by Crippen LogP contribution is 2.17. The Kier molecular flexibility index (Phi) is 6.60. The van der Waals surface area contributed by atoms with Crippen molar-refractivity contribution in [1.29, 1.82) is 0 Å². The highest BCUT2D eigenvalue weighted by atomic mass is 32.2. The Balaban J connectivity index is 1.83. The van der Waals surface area contributed by atoms with Gasteiger partial charge in [-0.3, -0.25) is 4.79 Å². The largest absolute Gasteiger partial charge is 0.383 e. The molecule has 1 aromatic rings. The molecule has 1 aliphatic heterocycles. The molecule has 0 radical (unpaired) electrons. The van der Waals surface area contributed by atoms with Crippen molar-refractivity contribution >= 4 is 17.7 Å². The van der Waals surface area contributed by atoms with Crippen molar-refractivity contribution in [2.45, 2.75) is 11.6 Å². The number of likely N-dealkylation sites (tertiary alicyclic amines) is 1. The fourth-order valence-corrected chi connectivity index (χ4v) is 3.02. The van der Waals surface area contributed by atoms with E-state index in [0.717, 1.165) is 39.2 Å². The van der Waals surface area contributed by atoms with Gasteiger partial charge in [0.05, 0.1) is 12.2 Å². The van der Waals surface area contributed by atoms with E-state index in [-0.39, 0.29) is 5.91 Å². The van der Waals surface area contributed by atoms with Crippen molar-refractivity contribution < 1.29 is 9.53 Å². The highest BCUT2D eigenvalue weighted by Gasteiger charge is 2.25. The van der Waals surface area contributed by atoms with Crippen LogP contribution in [0.15, 0.2) is 17.6 Å². The third-order valence-electron chi connectivity index (χ3n) is 3.92. The second kappa shape index (κ2) is 8.45. The summed E-state index contributed by atoms with van der Waals surface area (Å²) in [5.41, 5.74) is 0.550. The minimum Gasteiger partial charge on any atom is -0.383 e. The lowest BCUT2D eigenvalue weighted by Gasteiger charge is -2.21. The molecule has 7 heteroatoms. The first kappa shape index (κ1) is 17.2. The van der Waals surface area contributed by atoms with Crippen LogP contribution in [0.2, 0.25) is 0 Å². The Bertz CT molecular complexity index is 483. The summed E-state index contributed by atoms with van der Waals surface area (Å²) < 4.78 is 5.11. The van der Waals surface area contributed by atoms with E-state index in [2.05, 4.69) is 14.9 Å². The molecule has 0 saturated carbocycles. The Morgan fingerprint density at radius 2 is 2.23 bits per heavy atom. The van der Waals surface area contributed by atoms with Crippen LogP contribution in [0.4, 0.5) is 0 Å². The molecule has 6 nitrogen and oxygen atoms in total. The number of ether oxygens (including phenoxy) is 1. The normalized spacial score (nSPS) is 18.6. The maximum atomic E-state index is 12.4. The number of aromatic nitrogens is 2. The Hall–Kier alpha value is -1.18. The lowest BCUT2D eigenvalue weighted by Crippen LogP contribution is -2.33. The number of thioether (sulfide) groups is 1. The van der Waals surface area contributed by atoms with Crippen molar-refractivity contribution in [3.05, 3.63) is 18.0 Å². The number of carbonyl (C=O) groups is 1. The zero-order valence-electron chi connectivity index (χ0n) is 13.5. The minimum atomic E-state index is -0.0111. The van der Waals surface area contributed by atoms with Crippen molar-refractivity contribution in [1.82, 2.24) is 19.8 Å². The molecule has 1 aliphatic rings. The third kappa shape index (κ3) is 4.66. The van der Waals surface area contributed by atoms with Gasteiger partial charge < -0.3 is 14.5 Å². The fraction of sp³-hybridized carbons (Fsp3) is 0.667. The lowest BCUT2D eigenvalue weighted by atomic mass is 10.1. The summed E-state index contributed by atoms with van der Waals surface area (Å²) in [5, 5.41) is 0.684. The topological polar surface area (TPSA) is 58.6 Å². The number of hydrogen-bond donors (Lipinski definition) is 0. The standard InChI is InChI=1S/C15H24N4O2S/c1-18(10-12-4-5-19(11-12)6-7-21-2)14(20)13-8-16-15(22-3)17-9-13/h8-9,12H,4-7,10-11H2,1-3H3/t12-/m1/s1. The summed E-state index contributed by atoms with van der Waals surface area (Å²) in [6.07, 6.45) is 6.26. The van der Waals surface area contributed by atoms with Gasteiger partial charge in [-0.25, -0.2) is 9.97 Å². The van der Waals surface area contributed by atoms with E-state index in [9.17, 15) is 4.79 Å². The van der Waals surface area contributed by atoms with E-state index in [1.807, 2.05) is 13.3 Å². The molecule has 0 aliphatic carbocycles. The average molecular weight is 324 g/mol. The van der Waals surface area contributed by atoms with E-state index in [0.29, 0.717) is 16.6 Å². The summed E-state index contributed by atoms with van der Waals surface area (Å²) >= 11 is 1.47. The SMILES string of the molecule is COCCN1CC[C@H](CN(C)C(=O)c2cnc(SC)nc2)C1. The molecule has 22 heavy (non-hydrogen) atoms. The van der Waals surface area contributed by atoms with Gasteiger partial charge in [-0.2, -0.15) is 0 Å². The monoisotopic (exact) mass is 324 g/mol. The molecule has 0 bridgehead atoms. The molecule has 1 atom stereocenters. The highest BCUT2D eigenvalue weighted by molar-refractivity contribution is 7.98. The van der Waals surface area contributed by atoms with Gasteiger partial charge in [-0.05, 0) is 25.1 Å². The van der Waals surface area contributed by atoms with Gasteiger partial charge in [0.25, 0.3) is 5.91 Å². The molecule has 1 fully saturated rings. The first-order chi connectivity index (χ1) is 10.6. The lowest BCUT2D eigenvalue weighted by molar-refractivity contribution is 0.0771. The number of rotatable bonds is 7. The van der Waals surface area contributed by atoms with Gasteiger partial charge in [-0.15, -0.1) is 0 Å². The van der Waals surface area contributed by atoms with Gasteiger partial charge in [-0.1, -0.05) is 11.8 Å². The number of carbonyl (C=O) groups excluding carboxylic acids is 1. The molecule has 0 unspecified atom stereocenters. The van der Waals surface area contributed by atoms with Crippen LogP contribution >= 0.6 is 11.8 Å². The number of hydrogen-bond acceptors (Lipinski definition) is 6. The molecular weight excluding hydrogens is 300 g/mol. The van der Waals surface area contributed by atoms with Crippen LogP contribution in [0, 0.1) is 5.92 Å². The predicted octanol–water partition coefficient (Wildman–Crippen LogP) is 1.24. The summed E-state index contributed by atoms with van der Waals surface area (Å²) in [6, 6.07) is 0. The maximum absolute atomic E-state index is 12.4. The van der Waals surface area contributed by atoms with Crippen LogP contribution in [-0.2, 0) is 4.74 Å². The summed E-state index contributed by atoms with van der Waals surface area (Å²) in [5.74, 6) is 0.514. The molecule has 122 valence electrons. The van der Waals surface area contributed by atoms with Gasteiger partial charge in [0.15, 0.2) is 5.16 Å². The zero-order valence-corrected chi connectivity index (χ0v) is 14.3. The smallest absolute Gasteiger partial charge is 0.256 e. The minimum absolute atomic E-state index is 0.0111. The second-order valence-corrected chi connectivity index (χ2v) is 6.37. The molecule has 1 saturated heterocycles. The zero-order chi connectivity index (χ0) is 15.9. The van der Waals surface area contributed by atoms with Crippen molar-refractivity contribution in [3.63, 3.8) is 0 Å². The van der Waals surface area contributed by atoms with E-state index in [1.54, 1.807) is 24.4 Å². The quantitative estimate of drug-likeness (QED) is 0.555. The molecule has 0 N–H and O–H groups in total. The van der Waals surface area contributed by atoms with Crippen LogP contribution in [0.5, 0.6) is 0 Å². The summed E-state index contributed by atoms with van der Waals surface area (Å²) in [4.78, 5) is 24.9. The van der Waals surface area contributed by atoms with Gasteiger partial charge in [0.1, 0.15) is 0 Å². The molecule has 2 heterocycles. The Morgan fingerprint density at radius 1 is 1.50 bits per heavy atom. The van der Waals surface area contributed by atoms with Crippen molar-refractivity contribution in [2.75, 3.05) is 53.2 Å². The predicted molar refractivity (Wildman–Crippen MR) is 87.2 cm³/mol.